The Morgan fingerprint density at radius 2 is 1.80 bits per heavy atom. The first kappa shape index (κ1) is 24.5. The van der Waals surface area contributed by atoms with Crippen LogP contribution in [0.4, 0.5) is 0 Å². The van der Waals surface area contributed by atoms with Gasteiger partial charge in [0, 0.05) is 32.0 Å². The Morgan fingerprint density at radius 1 is 1.03 bits per heavy atom. The molecule has 1 spiro atoms. The van der Waals surface area contributed by atoms with Crippen molar-refractivity contribution in [2.24, 2.45) is 11.3 Å². The van der Waals surface area contributed by atoms with Crippen molar-refractivity contribution in [1.82, 2.24) is 34.2 Å². The van der Waals surface area contributed by atoms with Crippen LogP contribution in [-0.4, -0.2) is 80.5 Å². The zero-order valence-corrected chi connectivity index (χ0v) is 21.9. The van der Waals surface area contributed by atoms with E-state index in [9.17, 15) is 0 Å². The standard InChI is InChI=1S/C28H43N7/c1-23(2)19-33-15-9-28(10-16-33)11-17-34(22-28)13-6-14-35-18-12-29-27(35)21-32(3)20-26-30-24-7-4-5-8-25(24)31-26/h4-5,7-8,12,18,23H,6,9-11,13-17,19-22H2,1-3H3,(H,30,31). The Balaban J connectivity index is 1.06. The van der Waals surface area contributed by atoms with Crippen molar-refractivity contribution in [2.45, 2.75) is 59.2 Å². The van der Waals surface area contributed by atoms with E-state index in [0.29, 0.717) is 5.41 Å². The van der Waals surface area contributed by atoms with Gasteiger partial charge in [0.25, 0.3) is 0 Å². The van der Waals surface area contributed by atoms with Gasteiger partial charge < -0.3 is 19.4 Å². The normalized spacial score (nSPS) is 19.1. The first-order chi connectivity index (χ1) is 17.0. The summed E-state index contributed by atoms with van der Waals surface area (Å²) in [7, 11) is 2.14. The lowest BCUT2D eigenvalue weighted by Crippen LogP contribution is -2.42. The highest BCUT2D eigenvalue weighted by molar-refractivity contribution is 5.74. The summed E-state index contributed by atoms with van der Waals surface area (Å²) in [4.78, 5) is 20.5. The van der Waals surface area contributed by atoms with E-state index in [4.69, 9.17) is 4.98 Å². The van der Waals surface area contributed by atoms with Gasteiger partial charge in [-0.25, -0.2) is 9.97 Å². The minimum absolute atomic E-state index is 0.590. The zero-order valence-electron chi connectivity index (χ0n) is 21.9. The molecule has 0 radical (unpaired) electrons. The number of benzene rings is 1. The smallest absolute Gasteiger partial charge is 0.122 e. The fourth-order valence-corrected chi connectivity index (χ4v) is 6.15. The Morgan fingerprint density at radius 3 is 2.57 bits per heavy atom. The lowest BCUT2D eigenvalue weighted by molar-refractivity contribution is 0.0989. The fraction of sp³-hybridized carbons (Fsp3) is 0.643. The van der Waals surface area contributed by atoms with Gasteiger partial charge in [0.15, 0.2) is 0 Å². The number of imidazole rings is 2. The summed E-state index contributed by atoms with van der Waals surface area (Å²) in [5.74, 6) is 2.92. The van der Waals surface area contributed by atoms with Crippen LogP contribution in [0.15, 0.2) is 36.7 Å². The molecule has 0 unspecified atom stereocenters. The zero-order chi connectivity index (χ0) is 24.3. The summed E-state index contributed by atoms with van der Waals surface area (Å²) in [6.07, 6.45) is 9.44. The molecule has 0 amide bonds. The molecule has 0 bridgehead atoms. The number of likely N-dealkylation sites (tertiary alicyclic amines) is 2. The van der Waals surface area contributed by atoms with E-state index in [-0.39, 0.29) is 0 Å². The molecule has 2 aromatic heterocycles. The van der Waals surface area contributed by atoms with Crippen LogP contribution in [0.25, 0.3) is 11.0 Å². The van der Waals surface area contributed by atoms with E-state index in [0.717, 1.165) is 48.2 Å². The van der Waals surface area contributed by atoms with E-state index in [2.05, 4.69) is 68.5 Å². The van der Waals surface area contributed by atoms with E-state index in [1.165, 1.54) is 65.0 Å². The Bertz CT molecular complexity index is 1040. The number of aromatic nitrogens is 4. The maximum absolute atomic E-state index is 4.72. The molecule has 190 valence electrons. The van der Waals surface area contributed by atoms with Gasteiger partial charge in [-0.15, -0.1) is 0 Å². The van der Waals surface area contributed by atoms with Crippen LogP contribution in [-0.2, 0) is 19.6 Å². The second kappa shape index (κ2) is 10.8. The molecule has 1 N–H and O–H groups in total. The summed E-state index contributed by atoms with van der Waals surface area (Å²) in [6, 6.07) is 8.21. The number of nitrogens with zero attached hydrogens (tertiary/aromatic N) is 6. The molecular weight excluding hydrogens is 434 g/mol. The number of aromatic amines is 1. The molecule has 35 heavy (non-hydrogen) atoms. The third-order valence-corrected chi connectivity index (χ3v) is 8.00. The minimum Gasteiger partial charge on any atom is -0.341 e. The molecule has 2 aliphatic rings. The summed E-state index contributed by atoms with van der Waals surface area (Å²) in [6.45, 7) is 15.0. The number of aryl methyl sites for hydroxylation is 1. The van der Waals surface area contributed by atoms with Crippen molar-refractivity contribution in [2.75, 3.05) is 46.3 Å². The fourth-order valence-electron chi connectivity index (χ4n) is 6.15. The predicted molar refractivity (Wildman–Crippen MR) is 142 cm³/mol. The lowest BCUT2D eigenvalue weighted by Gasteiger charge is -2.40. The number of para-hydroxylation sites is 2. The molecule has 2 aliphatic heterocycles. The monoisotopic (exact) mass is 477 g/mol. The van der Waals surface area contributed by atoms with Crippen molar-refractivity contribution in [3.8, 4) is 0 Å². The highest BCUT2D eigenvalue weighted by atomic mass is 15.2. The van der Waals surface area contributed by atoms with E-state index >= 15 is 0 Å². The lowest BCUT2D eigenvalue weighted by atomic mass is 9.77. The molecule has 7 nitrogen and oxygen atoms in total. The number of hydrogen-bond acceptors (Lipinski definition) is 5. The maximum atomic E-state index is 4.72. The number of H-pyrrole nitrogens is 1. The summed E-state index contributed by atoms with van der Waals surface area (Å²) in [5, 5.41) is 0. The molecule has 2 saturated heterocycles. The molecule has 3 aromatic rings. The largest absolute Gasteiger partial charge is 0.341 e. The number of fused-ring (bicyclic) bond motifs is 1. The third-order valence-electron chi connectivity index (χ3n) is 8.00. The van der Waals surface area contributed by atoms with Crippen molar-refractivity contribution >= 4 is 11.0 Å². The first-order valence-electron chi connectivity index (χ1n) is 13.5. The highest BCUT2D eigenvalue weighted by Crippen LogP contribution is 2.40. The van der Waals surface area contributed by atoms with Crippen LogP contribution in [0.2, 0.25) is 0 Å². The van der Waals surface area contributed by atoms with Crippen LogP contribution in [0.3, 0.4) is 0 Å². The van der Waals surface area contributed by atoms with Gasteiger partial charge >= 0.3 is 0 Å². The maximum Gasteiger partial charge on any atom is 0.122 e. The van der Waals surface area contributed by atoms with Crippen LogP contribution >= 0.6 is 0 Å². The number of nitrogens with one attached hydrogen (secondary N) is 1. The topological polar surface area (TPSA) is 56.2 Å². The Hall–Kier alpha value is -2.22. The molecule has 0 atom stereocenters. The van der Waals surface area contributed by atoms with Gasteiger partial charge in [-0.2, -0.15) is 0 Å². The summed E-state index contributed by atoms with van der Waals surface area (Å²) < 4.78 is 2.34. The van der Waals surface area contributed by atoms with Gasteiger partial charge in [0.2, 0.25) is 0 Å². The van der Waals surface area contributed by atoms with Gasteiger partial charge in [-0.05, 0) is 82.4 Å². The number of rotatable bonds is 10. The van der Waals surface area contributed by atoms with Crippen LogP contribution < -0.4 is 0 Å². The van der Waals surface area contributed by atoms with Gasteiger partial charge in [0.05, 0.1) is 24.1 Å². The summed E-state index contributed by atoms with van der Waals surface area (Å²) in [5.41, 5.74) is 2.72. The van der Waals surface area contributed by atoms with Crippen molar-refractivity contribution < 1.29 is 0 Å². The molecule has 4 heterocycles. The summed E-state index contributed by atoms with van der Waals surface area (Å²) >= 11 is 0. The molecule has 2 fully saturated rings. The average molecular weight is 478 g/mol. The molecule has 0 saturated carbocycles. The Labute approximate surface area is 210 Å². The Kier molecular flexibility index (Phi) is 7.56. The number of hydrogen-bond donors (Lipinski definition) is 1. The van der Waals surface area contributed by atoms with Crippen molar-refractivity contribution in [3.63, 3.8) is 0 Å². The van der Waals surface area contributed by atoms with E-state index in [1.54, 1.807) is 0 Å². The van der Waals surface area contributed by atoms with Crippen molar-refractivity contribution in [1.29, 1.82) is 0 Å². The average Bonchev–Trinajstić information content (AvgIpc) is 3.54. The van der Waals surface area contributed by atoms with Gasteiger partial charge in [-0.1, -0.05) is 26.0 Å². The second-order valence-corrected chi connectivity index (χ2v) is 11.5. The number of piperidine rings is 1. The first-order valence-corrected chi connectivity index (χ1v) is 13.5. The van der Waals surface area contributed by atoms with Crippen LogP contribution in [0, 0.1) is 11.3 Å². The molecule has 0 aliphatic carbocycles. The molecule has 5 rings (SSSR count). The second-order valence-electron chi connectivity index (χ2n) is 11.5. The van der Waals surface area contributed by atoms with Gasteiger partial charge in [-0.3, -0.25) is 4.90 Å². The van der Waals surface area contributed by atoms with Gasteiger partial charge in [0.1, 0.15) is 11.6 Å². The quantitative estimate of drug-likeness (QED) is 0.474. The third kappa shape index (κ3) is 6.13. The van der Waals surface area contributed by atoms with Crippen molar-refractivity contribution in [3.05, 3.63) is 48.3 Å². The SMILES string of the molecule is CC(C)CN1CCC2(CC1)CCN(CCCn1ccnc1CN(C)Cc1nc3ccccc3[nH]1)C2. The van der Waals surface area contributed by atoms with E-state index < -0.39 is 0 Å². The predicted octanol–water partition coefficient (Wildman–Crippen LogP) is 4.23. The minimum atomic E-state index is 0.590. The highest BCUT2D eigenvalue weighted by Gasteiger charge is 2.40. The van der Waals surface area contributed by atoms with E-state index in [1.807, 2.05) is 18.3 Å². The van der Waals surface area contributed by atoms with Crippen LogP contribution in [0.5, 0.6) is 0 Å². The molecular formula is C28H43N7. The van der Waals surface area contributed by atoms with Crippen LogP contribution in [0.1, 0.15) is 51.2 Å². The molecule has 7 heteroatoms. The molecule has 1 aromatic carbocycles.